The van der Waals surface area contributed by atoms with E-state index in [9.17, 15) is 9.18 Å². The molecule has 0 fully saturated rings. The fraction of sp³-hybridized carbons (Fsp3) is 0.235. The fourth-order valence-electron chi connectivity index (χ4n) is 2.78. The van der Waals surface area contributed by atoms with Gasteiger partial charge in [0, 0.05) is 5.56 Å². The predicted molar refractivity (Wildman–Crippen MR) is 83.7 cm³/mol. The number of nitrogens with one attached hydrogen (secondary N) is 1. The Balaban J connectivity index is 1.81. The maximum Gasteiger partial charge on any atom is 0.251 e. The van der Waals surface area contributed by atoms with Crippen molar-refractivity contribution in [3.8, 4) is 0 Å². The summed E-state index contributed by atoms with van der Waals surface area (Å²) in [5, 5.41) is 3.02. The second-order valence-electron chi connectivity index (χ2n) is 5.25. The molecule has 2 nitrogen and oxygen atoms in total. The Morgan fingerprint density at radius 3 is 2.86 bits per heavy atom. The second kappa shape index (κ2) is 5.98. The van der Waals surface area contributed by atoms with Crippen molar-refractivity contribution < 1.29 is 9.18 Å². The SMILES string of the molecule is O=C(NC1CCCc2ccccc21)c1ccc(Br)c(F)c1. The average Bonchev–Trinajstić information content (AvgIpc) is 2.50. The molecule has 1 atom stereocenters. The molecule has 0 spiro atoms. The van der Waals surface area contributed by atoms with Crippen LogP contribution in [0.25, 0.3) is 0 Å². The van der Waals surface area contributed by atoms with Crippen LogP contribution in [0.4, 0.5) is 4.39 Å². The van der Waals surface area contributed by atoms with Crippen LogP contribution in [-0.4, -0.2) is 5.91 Å². The first kappa shape index (κ1) is 14.3. The summed E-state index contributed by atoms with van der Waals surface area (Å²) in [5.41, 5.74) is 2.81. The number of hydrogen-bond acceptors (Lipinski definition) is 1. The van der Waals surface area contributed by atoms with E-state index in [0.29, 0.717) is 10.0 Å². The lowest BCUT2D eigenvalue weighted by molar-refractivity contribution is 0.0932. The Labute approximate surface area is 131 Å². The highest BCUT2D eigenvalue weighted by Gasteiger charge is 2.22. The van der Waals surface area contributed by atoms with Gasteiger partial charge >= 0.3 is 0 Å². The van der Waals surface area contributed by atoms with E-state index >= 15 is 0 Å². The van der Waals surface area contributed by atoms with Crippen molar-refractivity contribution in [2.75, 3.05) is 0 Å². The number of benzene rings is 2. The molecule has 1 unspecified atom stereocenters. The lowest BCUT2D eigenvalue weighted by Gasteiger charge is -2.26. The minimum atomic E-state index is -0.424. The first-order valence-electron chi connectivity index (χ1n) is 6.99. The highest BCUT2D eigenvalue weighted by Crippen LogP contribution is 2.29. The molecule has 0 radical (unpaired) electrons. The number of fused-ring (bicyclic) bond motifs is 1. The first-order chi connectivity index (χ1) is 10.1. The Hall–Kier alpha value is -1.68. The van der Waals surface area contributed by atoms with E-state index in [1.54, 1.807) is 12.1 Å². The summed E-state index contributed by atoms with van der Waals surface area (Å²) in [7, 11) is 0. The van der Waals surface area contributed by atoms with E-state index in [2.05, 4.69) is 33.4 Å². The van der Waals surface area contributed by atoms with E-state index < -0.39 is 5.82 Å². The number of carbonyl (C=O) groups excluding carboxylic acids is 1. The standard InChI is InChI=1S/C17H15BrFNO/c18-14-9-8-12(10-15(14)19)17(21)20-16-7-3-5-11-4-1-2-6-13(11)16/h1-2,4,6,8-10,16H,3,5,7H2,(H,20,21). The Bertz CT molecular complexity index is 686. The summed E-state index contributed by atoms with van der Waals surface area (Å²) in [6.45, 7) is 0. The molecule has 2 aromatic carbocycles. The van der Waals surface area contributed by atoms with E-state index in [1.807, 2.05) is 12.1 Å². The van der Waals surface area contributed by atoms with Crippen LogP contribution in [-0.2, 0) is 6.42 Å². The summed E-state index contributed by atoms with van der Waals surface area (Å²) in [6, 6.07) is 12.6. The van der Waals surface area contributed by atoms with Gasteiger partial charge in [0.1, 0.15) is 5.82 Å². The number of hydrogen-bond donors (Lipinski definition) is 1. The van der Waals surface area contributed by atoms with Gasteiger partial charge in [-0.25, -0.2) is 4.39 Å². The Morgan fingerprint density at radius 2 is 2.05 bits per heavy atom. The third kappa shape index (κ3) is 3.00. The van der Waals surface area contributed by atoms with Crippen molar-refractivity contribution in [2.24, 2.45) is 0 Å². The highest BCUT2D eigenvalue weighted by atomic mass is 79.9. The van der Waals surface area contributed by atoms with Crippen molar-refractivity contribution in [1.29, 1.82) is 0 Å². The molecule has 108 valence electrons. The molecule has 1 aliphatic carbocycles. The number of rotatable bonds is 2. The van der Waals surface area contributed by atoms with Gasteiger partial charge in [0.2, 0.25) is 0 Å². The zero-order valence-corrected chi connectivity index (χ0v) is 13.0. The van der Waals surface area contributed by atoms with Gasteiger partial charge in [-0.3, -0.25) is 4.79 Å². The Morgan fingerprint density at radius 1 is 1.24 bits per heavy atom. The van der Waals surface area contributed by atoms with Gasteiger partial charge in [-0.2, -0.15) is 0 Å². The van der Waals surface area contributed by atoms with Gasteiger partial charge in [0.25, 0.3) is 5.91 Å². The number of aryl methyl sites for hydroxylation is 1. The third-order valence-electron chi connectivity index (χ3n) is 3.86. The molecular weight excluding hydrogens is 333 g/mol. The number of amides is 1. The molecular formula is C17H15BrFNO. The largest absolute Gasteiger partial charge is 0.345 e. The van der Waals surface area contributed by atoms with Gasteiger partial charge in [-0.05, 0) is 64.5 Å². The van der Waals surface area contributed by atoms with Crippen LogP contribution in [0.2, 0.25) is 0 Å². The molecule has 0 saturated carbocycles. The zero-order valence-electron chi connectivity index (χ0n) is 11.4. The Kier molecular flexibility index (Phi) is 4.06. The van der Waals surface area contributed by atoms with E-state index in [-0.39, 0.29) is 11.9 Å². The van der Waals surface area contributed by atoms with E-state index in [1.165, 1.54) is 17.2 Å². The summed E-state index contributed by atoms with van der Waals surface area (Å²) >= 11 is 3.09. The van der Waals surface area contributed by atoms with Gasteiger partial charge < -0.3 is 5.32 Å². The molecule has 0 saturated heterocycles. The van der Waals surface area contributed by atoms with E-state index in [0.717, 1.165) is 19.3 Å². The molecule has 21 heavy (non-hydrogen) atoms. The topological polar surface area (TPSA) is 29.1 Å². The molecule has 4 heteroatoms. The zero-order chi connectivity index (χ0) is 14.8. The van der Waals surface area contributed by atoms with Gasteiger partial charge in [-0.1, -0.05) is 24.3 Å². The van der Waals surface area contributed by atoms with Crippen molar-refractivity contribution in [3.63, 3.8) is 0 Å². The van der Waals surface area contributed by atoms with Crippen LogP contribution in [0.5, 0.6) is 0 Å². The fourth-order valence-corrected chi connectivity index (χ4v) is 3.03. The number of halogens is 2. The minimum Gasteiger partial charge on any atom is -0.345 e. The lowest BCUT2D eigenvalue weighted by atomic mass is 9.87. The molecule has 0 aliphatic heterocycles. The summed E-state index contributed by atoms with van der Waals surface area (Å²) in [4.78, 5) is 12.3. The smallest absolute Gasteiger partial charge is 0.251 e. The van der Waals surface area contributed by atoms with Crippen LogP contribution >= 0.6 is 15.9 Å². The van der Waals surface area contributed by atoms with Gasteiger partial charge in [0.15, 0.2) is 0 Å². The molecule has 0 heterocycles. The minimum absolute atomic E-state index is 0.00848. The third-order valence-corrected chi connectivity index (χ3v) is 4.50. The van der Waals surface area contributed by atoms with Crippen molar-refractivity contribution >= 4 is 21.8 Å². The number of carbonyl (C=O) groups is 1. The van der Waals surface area contributed by atoms with Crippen molar-refractivity contribution in [3.05, 3.63) is 69.4 Å². The van der Waals surface area contributed by atoms with Crippen molar-refractivity contribution in [2.45, 2.75) is 25.3 Å². The van der Waals surface area contributed by atoms with Crippen molar-refractivity contribution in [1.82, 2.24) is 5.32 Å². The van der Waals surface area contributed by atoms with Crippen LogP contribution in [0.3, 0.4) is 0 Å². The average molecular weight is 348 g/mol. The first-order valence-corrected chi connectivity index (χ1v) is 7.78. The van der Waals surface area contributed by atoms with E-state index in [4.69, 9.17) is 0 Å². The van der Waals surface area contributed by atoms with Crippen LogP contribution < -0.4 is 5.32 Å². The monoisotopic (exact) mass is 347 g/mol. The molecule has 2 aromatic rings. The summed E-state index contributed by atoms with van der Waals surface area (Å²) in [6.07, 6.45) is 3.02. The predicted octanol–water partition coefficient (Wildman–Crippen LogP) is 4.40. The lowest BCUT2D eigenvalue weighted by Crippen LogP contribution is -2.31. The van der Waals surface area contributed by atoms with Crippen LogP contribution in [0, 0.1) is 5.82 Å². The molecule has 0 aromatic heterocycles. The molecule has 0 bridgehead atoms. The van der Waals surface area contributed by atoms with Crippen LogP contribution in [0.15, 0.2) is 46.9 Å². The normalized spacial score (nSPS) is 17.1. The summed E-state index contributed by atoms with van der Waals surface area (Å²) in [5.74, 6) is -0.658. The molecule has 1 aliphatic rings. The van der Waals surface area contributed by atoms with Gasteiger partial charge in [-0.15, -0.1) is 0 Å². The molecule has 1 amide bonds. The maximum atomic E-state index is 13.5. The second-order valence-corrected chi connectivity index (χ2v) is 6.10. The molecule has 3 rings (SSSR count). The summed E-state index contributed by atoms with van der Waals surface area (Å²) < 4.78 is 13.9. The quantitative estimate of drug-likeness (QED) is 0.857. The maximum absolute atomic E-state index is 13.5. The van der Waals surface area contributed by atoms with Crippen LogP contribution in [0.1, 0.15) is 40.4 Å². The highest BCUT2D eigenvalue weighted by molar-refractivity contribution is 9.10. The molecule has 1 N–H and O–H groups in total. The van der Waals surface area contributed by atoms with Gasteiger partial charge in [0.05, 0.1) is 10.5 Å².